The first-order chi connectivity index (χ1) is 11.4. The van der Waals surface area contributed by atoms with Crippen molar-refractivity contribution in [3.05, 3.63) is 71.8 Å². The first-order valence-corrected chi connectivity index (χ1v) is 8.61. The topological polar surface area (TPSA) is 21.3 Å². The minimum absolute atomic E-state index is 0.561. The lowest BCUT2D eigenvalue weighted by atomic mass is 9.85. The average Bonchev–Trinajstić information content (AvgIpc) is 2.61. The summed E-state index contributed by atoms with van der Waals surface area (Å²) in [6.45, 7) is 0.621. The lowest BCUT2D eigenvalue weighted by Gasteiger charge is -2.35. The molecule has 0 aliphatic carbocycles. The van der Waals surface area contributed by atoms with Crippen molar-refractivity contribution >= 4 is 5.57 Å². The van der Waals surface area contributed by atoms with Crippen LogP contribution in [-0.2, 0) is 6.61 Å². The van der Waals surface area contributed by atoms with Crippen molar-refractivity contribution in [2.75, 3.05) is 0 Å². The van der Waals surface area contributed by atoms with Gasteiger partial charge in [0.05, 0.1) is 0 Å². The van der Waals surface area contributed by atoms with E-state index in [0.717, 1.165) is 12.2 Å². The molecule has 2 aliphatic heterocycles. The molecule has 2 heteroatoms. The molecule has 2 heterocycles. The maximum absolute atomic E-state index is 5.97. The van der Waals surface area contributed by atoms with Gasteiger partial charge in [-0.3, -0.25) is 0 Å². The van der Waals surface area contributed by atoms with Crippen LogP contribution >= 0.6 is 0 Å². The van der Waals surface area contributed by atoms with Gasteiger partial charge in [0.15, 0.2) is 0 Å². The van der Waals surface area contributed by atoms with Crippen molar-refractivity contribution in [2.45, 2.75) is 44.4 Å². The highest BCUT2D eigenvalue weighted by molar-refractivity contribution is 5.68. The van der Waals surface area contributed by atoms with E-state index in [1.165, 1.54) is 36.0 Å². The molecule has 118 valence electrons. The molecule has 2 aromatic carbocycles. The lowest BCUT2D eigenvalue weighted by Crippen LogP contribution is -2.44. The number of nitrogens with one attached hydrogen (secondary N) is 1. The minimum Gasteiger partial charge on any atom is -0.489 e. The van der Waals surface area contributed by atoms with Crippen LogP contribution in [0.3, 0.4) is 0 Å². The highest BCUT2D eigenvalue weighted by Gasteiger charge is 2.25. The molecule has 2 aliphatic rings. The summed E-state index contributed by atoms with van der Waals surface area (Å²) in [5.41, 5.74) is 3.99. The molecule has 2 bridgehead atoms. The van der Waals surface area contributed by atoms with Crippen LogP contribution in [0.25, 0.3) is 5.57 Å². The van der Waals surface area contributed by atoms with E-state index in [9.17, 15) is 0 Å². The Hall–Kier alpha value is -2.06. The van der Waals surface area contributed by atoms with Gasteiger partial charge in [-0.15, -0.1) is 0 Å². The molecule has 2 aromatic rings. The fraction of sp³-hybridized carbons (Fsp3) is 0.333. The zero-order chi connectivity index (χ0) is 15.5. The fourth-order valence-corrected chi connectivity index (χ4v) is 3.66. The van der Waals surface area contributed by atoms with Gasteiger partial charge in [-0.1, -0.05) is 55.0 Å². The molecule has 1 fully saturated rings. The van der Waals surface area contributed by atoms with Crippen LogP contribution in [0.2, 0.25) is 0 Å². The smallest absolute Gasteiger partial charge is 0.120 e. The molecule has 1 N–H and O–H groups in total. The van der Waals surface area contributed by atoms with Gasteiger partial charge < -0.3 is 10.1 Å². The van der Waals surface area contributed by atoms with E-state index in [-0.39, 0.29) is 0 Å². The van der Waals surface area contributed by atoms with Gasteiger partial charge in [0, 0.05) is 12.1 Å². The molecule has 2 nitrogen and oxygen atoms in total. The first-order valence-electron chi connectivity index (χ1n) is 8.61. The van der Waals surface area contributed by atoms with E-state index in [1.807, 2.05) is 18.2 Å². The predicted octanol–water partition coefficient (Wildman–Crippen LogP) is 4.56. The van der Waals surface area contributed by atoms with E-state index in [4.69, 9.17) is 4.74 Å². The van der Waals surface area contributed by atoms with Gasteiger partial charge in [0.1, 0.15) is 12.4 Å². The molecule has 2 atom stereocenters. The Morgan fingerprint density at radius 2 is 1.91 bits per heavy atom. The Morgan fingerprint density at radius 1 is 1.00 bits per heavy atom. The Balaban J connectivity index is 1.49. The first kappa shape index (κ1) is 14.5. The third-order valence-electron chi connectivity index (χ3n) is 4.84. The van der Waals surface area contributed by atoms with E-state index in [0.29, 0.717) is 18.7 Å². The summed E-state index contributed by atoms with van der Waals surface area (Å²) in [6, 6.07) is 20.1. The number of ether oxygens (including phenoxy) is 1. The van der Waals surface area contributed by atoms with Crippen LogP contribution in [0.4, 0.5) is 0 Å². The van der Waals surface area contributed by atoms with Gasteiger partial charge in [-0.25, -0.2) is 0 Å². The van der Waals surface area contributed by atoms with Gasteiger partial charge in [0.25, 0.3) is 0 Å². The monoisotopic (exact) mass is 305 g/mol. The van der Waals surface area contributed by atoms with Crippen molar-refractivity contribution in [1.82, 2.24) is 5.32 Å². The Morgan fingerprint density at radius 3 is 2.78 bits per heavy atom. The molecule has 1 saturated heterocycles. The molecule has 23 heavy (non-hydrogen) atoms. The number of fused-ring (bicyclic) bond motifs is 2. The van der Waals surface area contributed by atoms with Crippen molar-refractivity contribution < 1.29 is 4.74 Å². The summed E-state index contributed by atoms with van der Waals surface area (Å²) in [5.74, 6) is 0.955. The third kappa shape index (κ3) is 3.48. The Labute approximate surface area is 138 Å². The molecule has 0 amide bonds. The van der Waals surface area contributed by atoms with Crippen molar-refractivity contribution in [1.29, 1.82) is 0 Å². The molecule has 4 rings (SSSR count). The van der Waals surface area contributed by atoms with Crippen LogP contribution < -0.4 is 10.1 Å². The number of rotatable bonds is 4. The maximum Gasteiger partial charge on any atom is 0.120 e. The number of piperidine rings is 1. The van der Waals surface area contributed by atoms with Crippen LogP contribution in [0.15, 0.2) is 60.7 Å². The minimum atomic E-state index is 0.561. The number of hydrogen-bond donors (Lipinski definition) is 1. The number of benzene rings is 2. The van der Waals surface area contributed by atoms with E-state index < -0.39 is 0 Å². The van der Waals surface area contributed by atoms with Crippen molar-refractivity contribution in [3.8, 4) is 5.75 Å². The summed E-state index contributed by atoms with van der Waals surface area (Å²) in [6.07, 6.45) is 7.49. The summed E-state index contributed by atoms with van der Waals surface area (Å²) in [5, 5.41) is 3.71. The largest absolute Gasteiger partial charge is 0.489 e. The normalized spacial score (nSPS) is 23.2. The fourth-order valence-electron chi connectivity index (χ4n) is 3.66. The third-order valence-corrected chi connectivity index (χ3v) is 4.84. The molecule has 0 spiro atoms. The zero-order valence-electron chi connectivity index (χ0n) is 13.4. The summed E-state index contributed by atoms with van der Waals surface area (Å²) < 4.78 is 5.97. The maximum atomic E-state index is 5.97. The van der Waals surface area contributed by atoms with E-state index in [2.05, 4.69) is 47.8 Å². The Kier molecular flexibility index (Phi) is 4.16. The highest BCUT2D eigenvalue weighted by Crippen LogP contribution is 2.32. The van der Waals surface area contributed by atoms with Crippen molar-refractivity contribution in [2.24, 2.45) is 0 Å². The van der Waals surface area contributed by atoms with Gasteiger partial charge in [0.2, 0.25) is 0 Å². The summed E-state index contributed by atoms with van der Waals surface area (Å²) >= 11 is 0. The van der Waals surface area contributed by atoms with Gasteiger partial charge in [-0.2, -0.15) is 0 Å². The van der Waals surface area contributed by atoms with Crippen molar-refractivity contribution in [3.63, 3.8) is 0 Å². The second-order valence-corrected chi connectivity index (χ2v) is 6.60. The SMILES string of the molecule is C1=C(c2cccc(OCc3ccccc3)c2)CC2CCCC1N2. The van der Waals surface area contributed by atoms with Crippen LogP contribution in [-0.4, -0.2) is 12.1 Å². The number of hydrogen-bond acceptors (Lipinski definition) is 2. The summed E-state index contributed by atoms with van der Waals surface area (Å²) in [4.78, 5) is 0. The van der Waals surface area contributed by atoms with Crippen LogP contribution in [0, 0.1) is 0 Å². The molecular weight excluding hydrogens is 282 g/mol. The molecule has 2 unspecified atom stereocenters. The van der Waals surface area contributed by atoms with Gasteiger partial charge >= 0.3 is 0 Å². The molecule has 0 radical (unpaired) electrons. The predicted molar refractivity (Wildman–Crippen MR) is 94.4 cm³/mol. The van der Waals surface area contributed by atoms with E-state index in [1.54, 1.807) is 0 Å². The molecule has 0 aromatic heterocycles. The second-order valence-electron chi connectivity index (χ2n) is 6.60. The Bertz CT molecular complexity index is 692. The zero-order valence-corrected chi connectivity index (χ0v) is 13.4. The molecular formula is C21H23NO. The van der Waals surface area contributed by atoms with Gasteiger partial charge in [-0.05, 0) is 48.1 Å². The lowest BCUT2D eigenvalue weighted by molar-refractivity contribution is 0.306. The highest BCUT2D eigenvalue weighted by atomic mass is 16.5. The van der Waals surface area contributed by atoms with E-state index >= 15 is 0 Å². The van der Waals surface area contributed by atoms with Crippen LogP contribution in [0.5, 0.6) is 5.75 Å². The quantitative estimate of drug-likeness (QED) is 0.894. The van der Waals surface area contributed by atoms with Crippen LogP contribution in [0.1, 0.15) is 36.8 Å². The second kappa shape index (κ2) is 6.59. The average molecular weight is 305 g/mol. The molecule has 0 saturated carbocycles. The standard InChI is InChI=1S/C21H23NO/c1-2-6-16(7-3-1)15-23-21-11-4-8-17(14-21)18-12-19-9-5-10-20(13-18)22-19/h1-4,6-8,11-12,14,19-20,22H,5,9-10,13,15H2. The summed E-state index contributed by atoms with van der Waals surface area (Å²) in [7, 11) is 0.